The molecule has 2 aliphatic heterocycles. The molecule has 2 aliphatic rings. The van der Waals surface area contributed by atoms with Crippen LogP contribution >= 0.6 is 0 Å². The maximum Gasteiger partial charge on any atom is 0.161 e. The van der Waals surface area contributed by atoms with Crippen molar-refractivity contribution in [2.24, 2.45) is 0 Å². The Bertz CT molecular complexity index is 371. The zero-order valence-electron chi connectivity index (χ0n) is 9.30. The molecule has 16 heavy (non-hydrogen) atoms. The lowest BCUT2D eigenvalue weighted by Crippen LogP contribution is -2.23. The molecule has 1 N–H and O–H groups in total. The van der Waals surface area contributed by atoms with E-state index in [1.54, 1.807) is 0 Å². The summed E-state index contributed by atoms with van der Waals surface area (Å²) in [4.78, 5) is 0. The van der Waals surface area contributed by atoms with Crippen LogP contribution in [0.1, 0.15) is 49.4 Å². The smallest absolute Gasteiger partial charge is 0.161 e. The van der Waals surface area contributed by atoms with Gasteiger partial charge in [0, 0.05) is 19.1 Å². The van der Waals surface area contributed by atoms with Crippen LogP contribution in [0.5, 0.6) is 0 Å². The fourth-order valence-corrected chi connectivity index (χ4v) is 2.62. The van der Waals surface area contributed by atoms with Crippen molar-refractivity contribution in [2.75, 3.05) is 13.2 Å². The van der Waals surface area contributed by atoms with Gasteiger partial charge in [0.25, 0.3) is 0 Å². The molecule has 2 unspecified atom stereocenters. The standard InChI is InChI=1S/C11H17N3O2/c15-9-4-1-5-14-10(12-13-11(9)14)8-3-2-6-16-7-8/h8-9,15H,1-7H2. The summed E-state index contributed by atoms with van der Waals surface area (Å²) >= 11 is 0. The fourth-order valence-electron chi connectivity index (χ4n) is 2.62. The predicted molar refractivity (Wildman–Crippen MR) is 57.0 cm³/mol. The third-order valence-electron chi connectivity index (χ3n) is 3.49. The van der Waals surface area contributed by atoms with Crippen LogP contribution in [0.15, 0.2) is 0 Å². The van der Waals surface area contributed by atoms with Gasteiger partial charge < -0.3 is 14.4 Å². The van der Waals surface area contributed by atoms with Crippen LogP contribution in [0.3, 0.4) is 0 Å². The average molecular weight is 223 g/mol. The van der Waals surface area contributed by atoms with E-state index in [4.69, 9.17) is 4.74 Å². The number of aliphatic hydroxyl groups is 1. The van der Waals surface area contributed by atoms with Gasteiger partial charge in [-0.1, -0.05) is 0 Å². The first-order valence-corrected chi connectivity index (χ1v) is 6.05. The molecule has 3 rings (SSSR count). The molecule has 1 saturated heterocycles. The van der Waals surface area contributed by atoms with Gasteiger partial charge in [-0.25, -0.2) is 0 Å². The minimum atomic E-state index is -0.431. The molecule has 3 heterocycles. The Morgan fingerprint density at radius 3 is 2.88 bits per heavy atom. The van der Waals surface area contributed by atoms with Crippen molar-refractivity contribution in [1.82, 2.24) is 14.8 Å². The van der Waals surface area contributed by atoms with E-state index in [0.29, 0.717) is 5.92 Å². The average Bonchev–Trinajstić information content (AvgIpc) is 2.75. The Balaban J connectivity index is 1.89. The Labute approximate surface area is 94.4 Å². The first kappa shape index (κ1) is 10.2. The fraction of sp³-hybridized carbons (Fsp3) is 0.818. The van der Waals surface area contributed by atoms with E-state index in [0.717, 1.165) is 57.1 Å². The number of aromatic nitrogens is 3. The minimum absolute atomic E-state index is 0.361. The number of ether oxygens (including phenoxy) is 1. The summed E-state index contributed by atoms with van der Waals surface area (Å²) in [7, 11) is 0. The molecule has 2 atom stereocenters. The van der Waals surface area contributed by atoms with Crippen molar-refractivity contribution in [2.45, 2.75) is 44.2 Å². The summed E-state index contributed by atoms with van der Waals surface area (Å²) in [5, 5.41) is 18.2. The molecule has 0 amide bonds. The van der Waals surface area contributed by atoms with E-state index in [1.807, 2.05) is 0 Å². The first-order valence-electron chi connectivity index (χ1n) is 6.05. The number of fused-ring (bicyclic) bond motifs is 1. The third kappa shape index (κ3) is 1.64. The molecule has 0 saturated carbocycles. The van der Waals surface area contributed by atoms with Crippen molar-refractivity contribution in [1.29, 1.82) is 0 Å². The molecule has 0 aliphatic carbocycles. The van der Waals surface area contributed by atoms with Gasteiger partial charge in [0.1, 0.15) is 11.9 Å². The zero-order chi connectivity index (χ0) is 11.0. The number of nitrogens with zero attached hydrogens (tertiary/aromatic N) is 3. The lowest BCUT2D eigenvalue weighted by atomic mass is 10.0. The van der Waals surface area contributed by atoms with Crippen LogP contribution in [-0.2, 0) is 11.3 Å². The van der Waals surface area contributed by atoms with E-state index in [1.165, 1.54) is 0 Å². The minimum Gasteiger partial charge on any atom is -0.385 e. The number of aliphatic hydroxyl groups excluding tert-OH is 1. The van der Waals surface area contributed by atoms with Crippen LogP contribution < -0.4 is 0 Å². The Morgan fingerprint density at radius 1 is 1.19 bits per heavy atom. The molecule has 1 aromatic rings. The Kier molecular flexibility index (Phi) is 2.65. The van der Waals surface area contributed by atoms with E-state index < -0.39 is 6.10 Å². The first-order chi connectivity index (χ1) is 7.86. The lowest BCUT2D eigenvalue weighted by Gasteiger charge is -2.25. The topological polar surface area (TPSA) is 60.2 Å². The second-order valence-corrected chi connectivity index (χ2v) is 4.64. The molecule has 1 fully saturated rings. The van der Waals surface area contributed by atoms with Gasteiger partial charge in [-0.3, -0.25) is 0 Å². The molecule has 0 spiro atoms. The van der Waals surface area contributed by atoms with Crippen LogP contribution in [0.2, 0.25) is 0 Å². The van der Waals surface area contributed by atoms with Gasteiger partial charge in [0.2, 0.25) is 0 Å². The third-order valence-corrected chi connectivity index (χ3v) is 3.49. The predicted octanol–water partition coefficient (Wildman–Crippen LogP) is 0.999. The molecule has 88 valence electrons. The van der Waals surface area contributed by atoms with E-state index >= 15 is 0 Å². The van der Waals surface area contributed by atoms with Gasteiger partial charge >= 0.3 is 0 Å². The highest BCUT2D eigenvalue weighted by Gasteiger charge is 2.28. The maximum atomic E-state index is 9.82. The maximum absolute atomic E-state index is 9.82. The molecule has 0 aromatic carbocycles. The largest absolute Gasteiger partial charge is 0.385 e. The monoisotopic (exact) mass is 223 g/mol. The highest BCUT2D eigenvalue weighted by atomic mass is 16.5. The second-order valence-electron chi connectivity index (χ2n) is 4.64. The normalized spacial score (nSPS) is 30.1. The van der Waals surface area contributed by atoms with Crippen LogP contribution in [0, 0.1) is 0 Å². The highest BCUT2D eigenvalue weighted by Crippen LogP contribution is 2.30. The molecule has 5 heteroatoms. The molecule has 0 bridgehead atoms. The summed E-state index contributed by atoms with van der Waals surface area (Å²) in [5.74, 6) is 2.11. The number of hydrogen-bond acceptors (Lipinski definition) is 4. The van der Waals surface area contributed by atoms with Crippen LogP contribution in [0.25, 0.3) is 0 Å². The molecule has 1 aromatic heterocycles. The van der Waals surface area contributed by atoms with Crippen molar-refractivity contribution >= 4 is 0 Å². The second kappa shape index (κ2) is 4.14. The van der Waals surface area contributed by atoms with E-state index in [2.05, 4.69) is 14.8 Å². The summed E-state index contributed by atoms with van der Waals surface area (Å²) < 4.78 is 7.57. The zero-order valence-corrected chi connectivity index (χ0v) is 9.30. The van der Waals surface area contributed by atoms with Crippen LogP contribution in [-0.4, -0.2) is 33.1 Å². The highest BCUT2D eigenvalue weighted by molar-refractivity contribution is 5.07. The summed E-state index contributed by atoms with van der Waals surface area (Å²) in [6.45, 7) is 2.54. The quantitative estimate of drug-likeness (QED) is 0.771. The Hall–Kier alpha value is -0.940. The van der Waals surface area contributed by atoms with Crippen molar-refractivity contribution in [3.05, 3.63) is 11.6 Å². The van der Waals surface area contributed by atoms with Gasteiger partial charge in [-0.2, -0.15) is 0 Å². The Morgan fingerprint density at radius 2 is 2.06 bits per heavy atom. The van der Waals surface area contributed by atoms with Gasteiger partial charge in [-0.05, 0) is 25.7 Å². The van der Waals surface area contributed by atoms with Crippen molar-refractivity contribution in [3.63, 3.8) is 0 Å². The van der Waals surface area contributed by atoms with E-state index in [-0.39, 0.29) is 0 Å². The summed E-state index contributed by atoms with van der Waals surface area (Å²) in [6.07, 6.45) is 3.59. The van der Waals surface area contributed by atoms with Gasteiger partial charge in [0.05, 0.1) is 6.61 Å². The molecule has 0 radical (unpaired) electrons. The number of rotatable bonds is 1. The lowest BCUT2D eigenvalue weighted by molar-refractivity contribution is 0.0755. The van der Waals surface area contributed by atoms with Crippen molar-refractivity contribution < 1.29 is 9.84 Å². The van der Waals surface area contributed by atoms with Crippen molar-refractivity contribution in [3.8, 4) is 0 Å². The summed E-state index contributed by atoms with van der Waals surface area (Å²) in [6, 6.07) is 0. The van der Waals surface area contributed by atoms with Crippen LogP contribution in [0.4, 0.5) is 0 Å². The summed E-state index contributed by atoms with van der Waals surface area (Å²) in [5.41, 5.74) is 0. The SMILES string of the molecule is OC1CCCn2c1nnc2C1CCCOC1. The molecular weight excluding hydrogens is 206 g/mol. The van der Waals surface area contributed by atoms with E-state index in [9.17, 15) is 5.11 Å². The molecule has 5 nitrogen and oxygen atoms in total. The molecular formula is C11H17N3O2. The number of hydrogen-bond donors (Lipinski definition) is 1. The van der Waals surface area contributed by atoms with Gasteiger partial charge in [-0.15, -0.1) is 10.2 Å². The van der Waals surface area contributed by atoms with Gasteiger partial charge in [0.15, 0.2) is 5.82 Å².